The van der Waals surface area contributed by atoms with E-state index in [2.05, 4.69) is 0 Å². The first-order valence-electron chi connectivity index (χ1n) is 17.5. The van der Waals surface area contributed by atoms with Crippen LogP contribution in [0.3, 0.4) is 0 Å². The van der Waals surface area contributed by atoms with E-state index in [1.54, 1.807) is 0 Å². The molecular formula is C42H43O9P. The van der Waals surface area contributed by atoms with Gasteiger partial charge in [0.15, 0.2) is 11.9 Å². The molecule has 9 nitrogen and oxygen atoms in total. The van der Waals surface area contributed by atoms with E-state index in [1.165, 1.54) is 0 Å². The van der Waals surface area contributed by atoms with Crippen molar-refractivity contribution in [3.8, 4) is 0 Å². The van der Waals surface area contributed by atoms with Crippen molar-refractivity contribution in [1.29, 1.82) is 0 Å². The molecule has 10 heteroatoms. The standard InChI is InChI=1S/C42H43O9P/c43-52(48-30-37-24-14-5-15-25-37)49-31-42(32-50-52)40(46-28-35-20-10-3-11-21-35)38(44-26-33-16-6-1-7-17-33)39(45-27-34-18-8-2-9-19-34)41(51-42)47-29-36-22-12-4-13-23-36/h1-25,38-41H,26-32H2/t38-,39-,40+,41?,42?,52?/m1/s1. The molecule has 0 amide bonds. The smallest absolute Gasteiger partial charge is 0.379 e. The van der Waals surface area contributed by atoms with Gasteiger partial charge in [-0.15, -0.1) is 0 Å². The van der Waals surface area contributed by atoms with Gasteiger partial charge in [0.05, 0.1) is 26.4 Å². The third-order valence-corrected chi connectivity index (χ3v) is 10.4. The van der Waals surface area contributed by atoms with E-state index in [0.717, 1.165) is 27.8 Å². The molecule has 5 aromatic carbocycles. The first kappa shape index (κ1) is 36.5. The van der Waals surface area contributed by atoms with Crippen LogP contribution in [0.2, 0.25) is 0 Å². The van der Waals surface area contributed by atoms with Gasteiger partial charge in [0, 0.05) is 0 Å². The molecular weight excluding hydrogens is 679 g/mol. The Balaban J connectivity index is 1.21. The predicted octanol–water partition coefficient (Wildman–Crippen LogP) is 7.36. The summed E-state index contributed by atoms with van der Waals surface area (Å²) >= 11 is 0. The van der Waals surface area contributed by atoms with Crippen LogP contribution in [-0.4, -0.2) is 43.4 Å². The van der Waals surface area contributed by atoms with E-state index in [9.17, 15) is 4.89 Å². The quantitative estimate of drug-likeness (QED) is 0.103. The Labute approximate surface area is 305 Å². The summed E-state index contributed by atoms with van der Waals surface area (Å²) in [6.07, 6.45) is -3.24. The number of hydrogen-bond donors (Lipinski definition) is 0. The molecule has 52 heavy (non-hydrogen) atoms. The van der Waals surface area contributed by atoms with Crippen molar-refractivity contribution >= 4 is 8.17 Å². The zero-order valence-electron chi connectivity index (χ0n) is 28.8. The molecule has 5 aromatic rings. The van der Waals surface area contributed by atoms with Crippen molar-refractivity contribution < 1.29 is 42.1 Å². The lowest BCUT2D eigenvalue weighted by Gasteiger charge is -2.53. The van der Waals surface area contributed by atoms with E-state index in [0.29, 0.717) is 0 Å². The molecule has 0 aromatic heterocycles. The Bertz CT molecular complexity index is 1760. The Morgan fingerprint density at radius 3 is 1.29 bits per heavy atom. The number of benzene rings is 5. The lowest BCUT2D eigenvalue weighted by atomic mass is 9.87. The maximum atomic E-state index is 13.8. The summed E-state index contributed by atoms with van der Waals surface area (Å²) in [5.74, 6) is 0. The SMILES string of the molecule is [O-][P+]1(OCc2ccccc2)OCC2(CO1)OC(OCc1ccccc1)[C@H](OCc1ccccc1)[C@@H](OCc1ccccc1)[C@@H]2OCc1ccccc1. The molecule has 2 heterocycles. The summed E-state index contributed by atoms with van der Waals surface area (Å²) in [7, 11) is -3.96. The Morgan fingerprint density at radius 1 is 0.481 bits per heavy atom. The summed E-state index contributed by atoms with van der Waals surface area (Å²) in [5.41, 5.74) is 3.40. The topological polar surface area (TPSA) is 96.9 Å². The average Bonchev–Trinajstić information content (AvgIpc) is 3.21. The number of hydrogen-bond acceptors (Lipinski definition) is 9. The van der Waals surface area contributed by atoms with Crippen LogP contribution in [0.15, 0.2) is 152 Å². The second-order valence-corrected chi connectivity index (χ2v) is 14.5. The van der Waals surface area contributed by atoms with Gasteiger partial charge in [0.1, 0.15) is 38.1 Å². The minimum absolute atomic E-state index is 0.0565. The fourth-order valence-electron chi connectivity index (χ4n) is 6.26. The first-order chi connectivity index (χ1) is 25.6. The lowest BCUT2D eigenvalue weighted by Crippen LogP contribution is -2.70. The zero-order chi connectivity index (χ0) is 35.5. The van der Waals surface area contributed by atoms with Crippen LogP contribution in [0.25, 0.3) is 0 Å². The highest BCUT2D eigenvalue weighted by atomic mass is 31.2. The molecule has 270 valence electrons. The molecule has 1 unspecified atom stereocenters. The lowest BCUT2D eigenvalue weighted by molar-refractivity contribution is -0.377. The molecule has 0 saturated carbocycles. The highest BCUT2D eigenvalue weighted by Gasteiger charge is 2.62. The number of rotatable bonds is 15. The minimum atomic E-state index is -3.96. The van der Waals surface area contributed by atoms with Crippen molar-refractivity contribution in [1.82, 2.24) is 0 Å². The van der Waals surface area contributed by atoms with Gasteiger partial charge in [0.25, 0.3) is 0 Å². The van der Waals surface area contributed by atoms with Gasteiger partial charge in [-0.2, -0.15) is 13.6 Å². The molecule has 0 bridgehead atoms. The van der Waals surface area contributed by atoms with Gasteiger partial charge in [-0.1, -0.05) is 152 Å². The van der Waals surface area contributed by atoms with Gasteiger partial charge in [-0.05, 0) is 27.8 Å². The molecule has 2 aliphatic rings. The number of phosphoric ester groups is 1. The normalized spacial score (nSPS) is 25.9. The van der Waals surface area contributed by atoms with Crippen molar-refractivity contribution in [2.45, 2.75) is 63.2 Å². The summed E-state index contributed by atoms with van der Waals surface area (Å²) in [5, 5.41) is 0. The number of ether oxygens (including phenoxy) is 5. The predicted molar refractivity (Wildman–Crippen MR) is 194 cm³/mol. The molecule has 2 aliphatic heterocycles. The van der Waals surface area contributed by atoms with Crippen LogP contribution in [0, 0.1) is 0 Å². The first-order valence-corrected chi connectivity index (χ1v) is 18.9. The molecule has 0 N–H and O–H groups in total. The maximum Gasteiger partial charge on any atom is 0.379 e. The van der Waals surface area contributed by atoms with Crippen LogP contribution in [0.4, 0.5) is 0 Å². The van der Waals surface area contributed by atoms with Crippen LogP contribution >= 0.6 is 8.17 Å². The fourth-order valence-corrected chi connectivity index (χ4v) is 7.54. The summed E-state index contributed by atoms with van der Waals surface area (Å²) < 4.78 is 51.5. The van der Waals surface area contributed by atoms with Gasteiger partial charge in [0.2, 0.25) is 0 Å². The summed E-state index contributed by atoms with van der Waals surface area (Å²) in [6.45, 7) is 0.754. The van der Waals surface area contributed by atoms with Gasteiger partial charge in [-0.3, -0.25) is 0 Å². The second-order valence-electron chi connectivity index (χ2n) is 12.8. The Kier molecular flexibility index (Phi) is 12.5. The average molecular weight is 723 g/mol. The van der Waals surface area contributed by atoms with E-state index in [-0.39, 0.29) is 46.2 Å². The molecule has 4 atom stereocenters. The molecule has 0 radical (unpaired) electrons. The molecule has 2 fully saturated rings. The minimum Gasteiger partial charge on any atom is -0.606 e. The van der Waals surface area contributed by atoms with E-state index >= 15 is 0 Å². The van der Waals surface area contributed by atoms with E-state index < -0.39 is 38.4 Å². The third-order valence-electron chi connectivity index (χ3n) is 9.03. The number of phosphoric acid groups is 1. The summed E-state index contributed by atoms with van der Waals surface area (Å²) in [6, 6.07) is 49.0. The Hall–Kier alpha value is -3.83. The van der Waals surface area contributed by atoms with Crippen LogP contribution < -0.4 is 4.89 Å². The highest BCUT2D eigenvalue weighted by Crippen LogP contribution is 2.59. The summed E-state index contributed by atoms with van der Waals surface area (Å²) in [4.78, 5) is 13.8. The molecule has 7 rings (SSSR count). The molecule has 1 spiro atoms. The van der Waals surface area contributed by atoms with Crippen LogP contribution in [0.5, 0.6) is 0 Å². The van der Waals surface area contributed by atoms with Crippen molar-refractivity contribution in [2.24, 2.45) is 0 Å². The molecule has 2 saturated heterocycles. The fraction of sp³-hybridized carbons (Fsp3) is 0.286. The highest BCUT2D eigenvalue weighted by molar-refractivity contribution is 7.54. The van der Waals surface area contributed by atoms with Crippen LogP contribution in [-0.2, 0) is 70.3 Å². The second kappa shape index (κ2) is 17.8. The van der Waals surface area contributed by atoms with Crippen LogP contribution in [0.1, 0.15) is 27.8 Å². The monoisotopic (exact) mass is 722 g/mol. The third kappa shape index (κ3) is 9.58. The largest absolute Gasteiger partial charge is 0.606 e. The van der Waals surface area contributed by atoms with Gasteiger partial charge < -0.3 is 28.6 Å². The van der Waals surface area contributed by atoms with Gasteiger partial charge >= 0.3 is 8.17 Å². The molecule has 0 aliphatic carbocycles. The zero-order valence-corrected chi connectivity index (χ0v) is 29.7. The van der Waals surface area contributed by atoms with E-state index in [4.69, 9.17) is 37.3 Å². The van der Waals surface area contributed by atoms with Crippen molar-refractivity contribution in [3.05, 3.63) is 179 Å². The van der Waals surface area contributed by atoms with E-state index in [1.807, 2.05) is 152 Å². The van der Waals surface area contributed by atoms with Gasteiger partial charge in [-0.25, -0.2) is 0 Å². The maximum absolute atomic E-state index is 13.8. The Morgan fingerprint density at radius 2 is 0.846 bits per heavy atom. The van der Waals surface area contributed by atoms with Crippen molar-refractivity contribution in [3.63, 3.8) is 0 Å². The van der Waals surface area contributed by atoms with Crippen molar-refractivity contribution in [2.75, 3.05) is 13.2 Å².